The molecule has 3 rings (SSSR count). The second kappa shape index (κ2) is 9.01. The number of carbonyl (C=O) groups is 2. The Labute approximate surface area is 162 Å². The summed E-state index contributed by atoms with van der Waals surface area (Å²) in [4.78, 5) is 24.8. The Hall–Kier alpha value is -2.68. The smallest absolute Gasteiger partial charge is 0.333 e. The number of carbonyl (C=O) groups excluding carboxylic acids is 1. The van der Waals surface area contributed by atoms with Gasteiger partial charge in [0.2, 0.25) is 12.3 Å². The van der Waals surface area contributed by atoms with Crippen LogP contribution in [0.1, 0.15) is 31.9 Å². The van der Waals surface area contributed by atoms with Crippen LogP contribution in [-0.2, 0) is 20.9 Å². The molecule has 0 bridgehead atoms. The van der Waals surface area contributed by atoms with E-state index in [0.29, 0.717) is 11.5 Å². The minimum absolute atomic E-state index is 0.102. The van der Waals surface area contributed by atoms with Gasteiger partial charge >= 0.3 is 5.97 Å². The van der Waals surface area contributed by atoms with Crippen molar-refractivity contribution in [2.45, 2.75) is 51.3 Å². The average molecular weight is 388 g/mol. The molecule has 1 amide bonds. The summed E-state index contributed by atoms with van der Waals surface area (Å²) in [6.07, 6.45) is 8.64. The van der Waals surface area contributed by atoms with Gasteiger partial charge in [-0.1, -0.05) is 12.2 Å². The number of ether oxygens (including phenoxy) is 1. The molecule has 0 fully saturated rings. The van der Waals surface area contributed by atoms with Crippen molar-refractivity contribution >= 4 is 11.9 Å². The summed E-state index contributed by atoms with van der Waals surface area (Å²) < 4.78 is 11.1. The van der Waals surface area contributed by atoms with Gasteiger partial charge in [-0.05, 0) is 37.1 Å². The Bertz CT molecular complexity index is 796. The molecule has 150 valence electrons. The summed E-state index contributed by atoms with van der Waals surface area (Å²) in [6, 6.07) is 2.75. The Morgan fingerprint density at radius 1 is 1.43 bits per heavy atom. The molecule has 3 unspecified atom stereocenters. The first-order valence-electron chi connectivity index (χ1n) is 9.14. The summed E-state index contributed by atoms with van der Waals surface area (Å²) in [6.45, 7) is 1.53. The first kappa shape index (κ1) is 20.1. The van der Waals surface area contributed by atoms with Crippen molar-refractivity contribution in [3.05, 3.63) is 59.7 Å². The number of aliphatic carboxylic acids is 1. The molecule has 1 aromatic heterocycles. The number of carboxylic acids is 1. The van der Waals surface area contributed by atoms with E-state index in [1.165, 1.54) is 24.2 Å². The number of amides is 1. The summed E-state index contributed by atoms with van der Waals surface area (Å²) >= 11 is 0. The number of nitrogens with one attached hydrogen (secondary N) is 1. The van der Waals surface area contributed by atoms with Gasteiger partial charge in [-0.15, -0.1) is 0 Å². The SMILES string of the molecule is CC(=O)NC1=CC=C(C(=O)O)C(N(Cc2ccco2)C(O)OC2C=CCC2)C1. The van der Waals surface area contributed by atoms with Crippen molar-refractivity contribution < 1.29 is 29.0 Å². The number of furan rings is 1. The van der Waals surface area contributed by atoms with Crippen molar-refractivity contribution in [1.29, 1.82) is 0 Å². The molecule has 8 heteroatoms. The van der Waals surface area contributed by atoms with E-state index in [0.717, 1.165) is 12.8 Å². The normalized spacial score (nSPS) is 22.7. The molecule has 0 radical (unpaired) electrons. The van der Waals surface area contributed by atoms with Crippen molar-refractivity contribution in [1.82, 2.24) is 10.2 Å². The predicted octanol–water partition coefficient (Wildman–Crippen LogP) is 1.90. The van der Waals surface area contributed by atoms with E-state index in [4.69, 9.17) is 9.15 Å². The number of aliphatic hydroxyl groups excluding tert-OH is 1. The Morgan fingerprint density at radius 2 is 2.25 bits per heavy atom. The van der Waals surface area contributed by atoms with Gasteiger partial charge in [-0.2, -0.15) is 0 Å². The van der Waals surface area contributed by atoms with Crippen LogP contribution in [0.3, 0.4) is 0 Å². The highest BCUT2D eigenvalue weighted by Gasteiger charge is 2.35. The van der Waals surface area contributed by atoms with E-state index in [9.17, 15) is 19.8 Å². The zero-order valence-corrected chi connectivity index (χ0v) is 15.6. The third kappa shape index (κ3) is 4.98. The highest BCUT2D eigenvalue weighted by atomic mass is 16.6. The highest BCUT2D eigenvalue weighted by molar-refractivity contribution is 5.89. The lowest BCUT2D eigenvalue weighted by Crippen LogP contribution is -2.48. The fourth-order valence-electron chi connectivity index (χ4n) is 3.39. The van der Waals surface area contributed by atoms with Crippen LogP contribution >= 0.6 is 0 Å². The van der Waals surface area contributed by atoms with E-state index in [-0.39, 0.29) is 30.5 Å². The van der Waals surface area contributed by atoms with Crippen molar-refractivity contribution in [2.75, 3.05) is 0 Å². The Morgan fingerprint density at radius 3 is 2.86 bits per heavy atom. The average Bonchev–Trinajstić information content (AvgIpc) is 3.32. The molecule has 8 nitrogen and oxygen atoms in total. The van der Waals surface area contributed by atoms with E-state index >= 15 is 0 Å². The molecule has 28 heavy (non-hydrogen) atoms. The lowest BCUT2D eigenvalue weighted by atomic mass is 9.95. The van der Waals surface area contributed by atoms with Gasteiger partial charge in [0.15, 0.2) is 0 Å². The zero-order chi connectivity index (χ0) is 20.1. The van der Waals surface area contributed by atoms with Gasteiger partial charge in [-0.3, -0.25) is 4.79 Å². The molecule has 3 atom stereocenters. The number of rotatable bonds is 8. The van der Waals surface area contributed by atoms with E-state index in [1.54, 1.807) is 18.2 Å². The summed E-state index contributed by atoms with van der Waals surface area (Å²) in [5.74, 6) is -0.784. The maximum Gasteiger partial charge on any atom is 0.333 e. The maximum atomic E-state index is 11.8. The molecule has 0 saturated heterocycles. The number of allylic oxidation sites excluding steroid dienone is 3. The number of carboxylic acid groups (broad SMARTS) is 1. The largest absolute Gasteiger partial charge is 0.478 e. The fraction of sp³-hybridized carbons (Fsp3) is 0.400. The molecule has 0 saturated carbocycles. The van der Waals surface area contributed by atoms with Crippen LogP contribution in [0.25, 0.3) is 0 Å². The first-order chi connectivity index (χ1) is 13.4. The summed E-state index contributed by atoms with van der Waals surface area (Å²) in [5.41, 5.74) is 0.671. The third-order valence-electron chi connectivity index (χ3n) is 4.69. The minimum Gasteiger partial charge on any atom is -0.478 e. The molecular formula is C20H24N2O6. The second-order valence-electron chi connectivity index (χ2n) is 6.78. The number of nitrogens with zero attached hydrogens (tertiary/aromatic N) is 1. The van der Waals surface area contributed by atoms with Crippen LogP contribution in [0, 0.1) is 0 Å². The first-order valence-corrected chi connectivity index (χ1v) is 9.14. The predicted molar refractivity (Wildman–Crippen MR) is 99.5 cm³/mol. The van der Waals surface area contributed by atoms with Crippen LogP contribution in [0.15, 0.2) is 58.4 Å². The second-order valence-corrected chi connectivity index (χ2v) is 6.78. The molecule has 1 heterocycles. The van der Waals surface area contributed by atoms with Crippen LogP contribution in [0.4, 0.5) is 0 Å². The Balaban J connectivity index is 1.86. The van der Waals surface area contributed by atoms with Crippen LogP contribution in [-0.4, -0.2) is 45.5 Å². The van der Waals surface area contributed by atoms with Crippen LogP contribution in [0.5, 0.6) is 0 Å². The van der Waals surface area contributed by atoms with Gasteiger partial charge in [0.1, 0.15) is 5.76 Å². The zero-order valence-electron chi connectivity index (χ0n) is 15.6. The van der Waals surface area contributed by atoms with Crippen molar-refractivity contribution in [3.8, 4) is 0 Å². The van der Waals surface area contributed by atoms with Gasteiger partial charge in [0.25, 0.3) is 0 Å². The minimum atomic E-state index is -1.35. The van der Waals surface area contributed by atoms with Gasteiger partial charge < -0.3 is 24.7 Å². The monoisotopic (exact) mass is 388 g/mol. The maximum absolute atomic E-state index is 11.8. The van der Waals surface area contributed by atoms with Gasteiger partial charge in [0, 0.05) is 19.0 Å². The molecule has 2 aliphatic carbocycles. The van der Waals surface area contributed by atoms with Crippen molar-refractivity contribution in [2.24, 2.45) is 0 Å². The number of hydrogen-bond acceptors (Lipinski definition) is 6. The highest BCUT2D eigenvalue weighted by Crippen LogP contribution is 2.28. The lowest BCUT2D eigenvalue weighted by molar-refractivity contribution is -0.221. The quantitative estimate of drug-likeness (QED) is 0.460. The molecular weight excluding hydrogens is 364 g/mol. The molecule has 0 aromatic carbocycles. The molecule has 0 aliphatic heterocycles. The number of aliphatic hydroxyl groups is 1. The molecule has 3 N–H and O–H groups in total. The van der Waals surface area contributed by atoms with Gasteiger partial charge in [0.05, 0.1) is 30.5 Å². The van der Waals surface area contributed by atoms with Crippen molar-refractivity contribution in [3.63, 3.8) is 0 Å². The standard InChI is InChI=1S/C20H24N2O6/c1-13(23)21-14-8-9-17(19(24)25)18(11-14)22(12-16-7-4-10-27-16)20(26)28-15-5-2-3-6-15/h2,4-5,7-10,15,18,20,26H,3,6,11-12H2,1H3,(H,21,23)(H,24,25). The fourth-order valence-corrected chi connectivity index (χ4v) is 3.39. The van der Waals surface area contributed by atoms with Crippen LogP contribution in [0.2, 0.25) is 0 Å². The van der Waals surface area contributed by atoms with E-state index < -0.39 is 18.4 Å². The van der Waals surface area contributed by atoms with E-state index in [1.807, 2.05) is 12.2 Å². The topological polar surface area (TPSA) is 112 Å². The lowest BCUT2D eigenvalue weighted by Gasteiger charge is -2.37. The number of hydrogen-bond donors (Lipinski definition) is 3. The van der Waals surface area contributed by atoms with E-state index in [2.05, 4.69) is 5.32 Å². The molecule has 2 aliphatic rings. The van der Waals surface area contributed by atoms with Crippen LogP contribution < -0.4 is 5.32 Å². The molecule has 1 aromatic rings. The third-order valence-corrected chi connectivity index (χ3v) is 4.69. The summed E-state index contributed by atoms with van der Waals surface area (Å²) in [7, 11) is 0. The molecule has 0 spiro atoms. The summed E-state index contributed by atoms with van der Waals surface area (Å²) in [5, 5.41) is 23.1. The Kier molecular flexibility index (Phi) is 6.45. The van der Waals surface area contributed by atoms with Gasteiger partial charge in [-0.25, -0.2) is 9.69 Å².